The number of hydrogen-bond donors (Lipinski definition) is 1. The van der Waals surface area contributed by atoms with Crippen LogP contribution in [0.3, 0.4) is 0 Å². The quantitative estimate of drug-likeness (QED) is 0.460. The lowest BCUT2D eigenvalue weighted by Gasteiger charge is -2.33. The second kappa shape index (κ2) is 7.53. The van der Waals surface area contributed by atoms with Crippen molar-refractivity contribution >= 4 is 40.7 Å². The molecule has 1 aromatic heterocycles. The monoisotopic (exact) mass is 410 g/mol. The van der Waals surface area contributed by atoms with Gasteiger partial charge in [-0.15, -0.1) is 0 Å². The van der Waals surface area contributed by atoms with Crippen LogP contribution in [0.15, 0.2) is 34.1 Å². The Morgan fingerprint density at radius 2 is 1.93 bits per heavy atom. The number of aromatic amines is 1. The maximum atomic E-state index is 12.6. The molecule has 2 aromatic rings. The van der Waals surface area contributed by atoms with Crippen LogP contribution in [0.1, 0.15) is 16.4 Å². The van der Waals surface area contributed by atoms with Gasteiger partial charge in [0.15, 0.2) is 0 Å². The summed E-state index contributed by atoms with van der Waals surface area (Å²) in [5.74, 6) is -3.08. The number of aromatic nitrogens is 1. The molecule has 0 radical (unpaired) electrons. The Morgan fingerprint density at radius 1 is 1.22 bits per heavy atom. The van der Waals surface area contributed by atoms with Crippen molar-refractivity contribution in [2.45, 2.75) is 16.2 Å². The zero-order valence-corrected chi connectivity index (χ0v) is 15.8. The van der Waals surface area contributed by atoms with Gasteiger partial charge in [0.2, 0.25) is 0 Å². The van der Waals surface area contributed by atoms with Gasteiger partial charge >= 0.3 is 16.8 Å². The second-order valence-electron chi connectivity index (χ2n) is 5.65. The number of fused-ring (bicyclic) bond motifs is 1. The van der Waals surface area contributed by atoms with Gasteiger partial charge in [0.1, 0.15) is 5.25 Å². The van der Waals surface area contributed by atoms with Crippen molar-refractivity contribution in [3.05, 3.63) is 54.5 Å². The number of nitrogens with one attached hydrogen (secondary N) is 1. The SMILES string of the molecule is COC(=O)[C@H]1[C@@H](c2cccc([N+](=O)[O-])c2)c2sc(=O)[nH]c2S[C@H]1C(=O)OC. The van der Waals surface area contributed by atoms with Gasteiger partial charge in [-0.05, 0) is 5.56 Å². The number of hydrogen-bond acceptors (Lipinski definition) is 9. The van der Waals surface area contributed by atoms with Gasteiger partial charge in [-0.25, -0.2) is 0 Å². The Labute approximate surface area is 160 Å². The van der Waals surface area contributed by atoms with Crippen LogP contribution in [-0.4, -0.2) is 41.3 Å². The fourth-order valence-electron chi connectivity index (χ4n) is 3.05. The van der Waals surface area contributed by atoms with E-state index >= 15 is 0 Å². The van der Waals surface area contributed by atoms with E-state index in [1.807, 2.05) is 0 Å². The highest BCUT2D eigenvalue weighted by molar-refractivity contribution is 8.00. The summed E-state index contributed by atoms with van der Waals surface area (Å²) in [5, 5.41) is 10.6. The van der Waals surface area contributed by atoms with Crippen molar-refractivity contribution < 1.29 is 24.0 Å². The summed E-state index contributed by atoms with van der Waals surface area (Å²) < 4.78 is 9.71. The molecule has 1 aliphatic rings. The summed E-state index contributed by atoms with van der Waals surface area (Å²) in [5.41, 5.74) is 0.277. The van der Waals surface area contributed by atoms with Gasteiger partial charge in [-0.1, -0.05) is 35.2 Å². The molecule has 3 atom stereocenters. The third-order valence-corrected chi connectivity index (χ3v) is 6.59. The molecule has 1 N–H and O–H groups in total. The fraction of sp³-hybridized carbons (Fsp3) is 0.312. The van der Waals surface area contributed by atoms with Crippen LogP contribution in [-0.2, 0) is 19.1 Å². The largest absolute Gasteiger partial charge is 0.469 e. The van der Waals surface area contributed by atoms with Crippen molar-refractivity contribution in [1.82, 2.24) is 4.98 Å². The molecular formula is C16H14N2O7S2. The van der Waals surface area contributed by atoms with Gasteiger partial charge < -0.3 is 14.5 Å². The standard InChI is InChI=1S/C16H14N2O7S2/c1-24-14(19)10-9(7-4-3-5-8(6-7)18(22)23)11-13(17-16(21)27-11)26-12(10)15(20)25-2/h3-6,9-10,12H,1-2H3,(H,17,21)/t9-,10+,12-/m1/s1. The number of nitrogens with zero attached hydrogens (tertiary/aromatic N) is 1. The smallest absolute Gasteiger partial charge is 0.320 e. The molecule has 0 aliphatic carbocycles. The number of thioether (sulfide) groups is 1. The van der Waals surface area contributed by atoms with Crippen molar-refractivity contribution in [2.75, 3.05) is 14.2 Å². The molecule has 11 heteroatoms. The van der Waals surface area contributed by atoms with Gasteiger partial charge in [-0.3, -0.25) is 24.5 Å². The summed E-state index contributed by atoms with van der Waals surface area (Å²) in [4.78, 5) is 50.2. The summed E-state index contributed by atoms with van der Waals surface area (Å²) >= 11 is 1.92. The molecule has 142 valence electrons. The fourth-order valence-corrected chi connectivity index (χ4v) is 5.55. The molecule has 0 bridgehead atoms. The predicted octanol–water partition coefficient (Wildman–Crippen LogP) is 1.91. The number of rotatable bonds is 4. The third-order valence-electron chi connectivity index (χ3n) is 4.20. The van der Waals surface area contributed by atoms with Crippen molar-refractivity contribution in [3.63, 3.8) is 0 Å². The number of non-ortho nitro benzene ring substituents is 1. The highest BCUT2D eigenvalue weighted by Crippen LogP contribution is 2.50. The normalized spacial score (nSPS) is 21.2. The third kappa shape index (κ3) is 3.47. The van der Waals surface area contributed by atoms with E-state index in [-0.39, 0.29) is 10.6 Å². The molecule has 0 unspecified atom stereocenters. The first kappa shape index (κ1) is 19.1. The summed E-state index contributed by atoms with van der Waals surface area (Å²) in [6.45, 7) is 0. The predicted molar refractivity (Wildman–Crippen MR) is 97.0 cm³/mol. The van der Waals surface area contributed by atoms with Crippen LogP contribution in [0, 0.1) is 16.0 Å². The number of benzene rings is 1. The first-order chi connectivity index (χ1) is 12.9. The highest BCUT2D eigenvalue weighted by atomic mass is 32.2. The van der Waals surface area contributed by atoms with E-state index in [4.69, 9.17) is 9.47 Å². The summed E-state index contributed by atoms with van der Waals surface area (Å²) in [6.07, 6.45) is 0. The maximum Gasteiger partial charge on any atom is 0.320 e. The average molecular weight is 410 g/mol. The van der Waals surface area contributed by atoms with E-state index in [0.717, 1.165) is 23.1 Å². The molecule has 3 rings (SSSR count). The number of nitro groups is 1. The Bertz CT molecular complexity index is 968. The lowest BCUT2D eigenvalue weighted by molar-refractivity contribution is -0.384. The number of methoxy groups -OCH3 is 2. The van der Waals surface area contributed by atoms with Crippen LogP contribution in [0.25, 0.3) is 0 Å². The minimum Gasteiger partial charge on any atom is -0.469 e. The lowest BCUT2D eigenvalue weighted by atomic mass is 9.82. The molecule has 0 saturated heterocycles. The van der Waals surface area contributed by atoms with Crippen LogP contribution in [0.2, 0.25) is 0 Å². The van der Waals surface area contributed by atoms with E-state index in [1.165, 1.54) is 32.4 Å². The number of carbonyl (C=O) groups excluding carboxylic acids is 2. The summed E-state index contributed by atoms with van der Waals surface area (Å²) in [6, 6.07) is 5.77. The Kier molecular flexibility index (Phi) is 5.33. The minimum atomic E-state index is -1.01. The van der Waals surface area contributed by atoms with Gasteiger partial charge in [-0.2, -0.15) is 0 Å². The first-order valence-electron chi connectivity index (χ1n) is 7.67. The van der Waals surface area contributed by atoms with E-state index in [1.54, 1.807) is 6.07 Å². The zero-order chi connectivity index (χ0) is 19.7. The average Bonchev–Trinajstić information content (AvgIpc) is 3.04. The number of carbonyl (C=O) groups is 2. The maximum absolute atomic E-state index is 12.6. The van der Waals surface area contributed by atoms with Crippen molar-refractivity contribution in [2.24, 2.45) is 5.92 Å². The molecule has 2 heterocycles. The molecule has 1 aliphatic heterocycles. The van der Waals surface area contributed by atoms with Crippen molar-refractivity contribution in [3.8, 4) is 0 Å². The Hall–Kier alpha value is -2.66. The van der Waals surface area contributed by atoms with Gasteiger partial charge in [0.05, 0.1) is 30.1 Å². The van der Waals surface area contributed by atoms with Crippen LogP contribution in [0.4, 0.5) is 5.69 Å². The minimum absolute atomic E-state index is 0.159. The van der Waals surface area contributed by atoms with Crippen molar-refractivity contribution in [1.29, 1.82) is 0 Å². The molecule has 9 nitrogen and oxygen atoms in total. The molecule has 1 aromatic carbocycles. The number of nitro benzene ring substituents is 1. The number of ether oxygens (including phenoxy) is 2. The second-order valence-corrected chi connectivity index (χ2v) is 7.81. The van der Waals surface area contributed by atoms with E-state index in [9.17, 15) is 24.5 Å². The van der Waals surface area contributed by atoms with E-state index in [2.05, 4.69) is 4.98 Å². The van der Waals surface area contributed by atoms with Gasteiger partial charge in [0.25, 0.3) is 5.69 Å². The van der Waals surface area contributed by atoms with Gasteiger partial charge in [0, 0.05) is 22.9 Å². The van der Waals surface area contributed by atoms with E-state index in [0.29, 0.717) is 15.5 Å². The highest BCUT2D eigenvalue weighted by Gasteiger charge is 2.49. The zero-order valence-electron chi connectivity index (χ0n) is 14.2. The van der Waals surface area contributed by atoms with E-state index < -0.39 is 33.9 Å². The number of esters is 2. The molecule has 0 saturated carbocycles. The summed E-state index contributed by atoms with van der Waals surface area (Å²) in [7, 11) is 2.40. The molecule has 0 amide bonds. The molecule has 27 heavy (non-hydrogen) atoms. The Morgan fingerprint density at radius 3 is 2.56 bits per heavy atom. The number of thiazole rings is 1. The van der Waals surface area contributed by atoms with Crippen LogP contribution < -0.4 is 4.87 Å². The Balaban J connectivity index is 2.23. The topological polar surface area (TPSA) is 129 Å². The van der Waals surface area contributed by atoms with Crippen LogP contribution in [0.5, 0.6) is 0 Å². The molecule has 0 fully saturated rings. The number of H-pyrrole nitrogens is 1. The first-order valence-corrected chi connectivity index (χ1v) is 9.36. The lowest BCUT2D eigenvalue weighted by Crippen LogP contribution is -2.40. The molecule has 0 spiro atoms. The molecular weight excluding hydrogens is 396 g/mol. The van der Waals surface area contributed by atoms with Crippen LogP contribution >= 0.6 is 23.1 Å².